The molecule has 0 saturated carbocycles. The second-order valence-corrected chi connectivity index (χ2v) is 5.10. The van der Waals surface area contributed by atoms with Crippen molar-refractivity contribution in [2.45, 2.75) is 41.0 Å². The van der Waals surface area contributed by atoms with E-state index < -0.39 is 0 Å². The Balaban J connectivity index is 2.49. The predicted octanol–water partition coefficient (Wildman–Crippen LogP) is 3.36. The first-order valence-corrected chi connectivity index (χ1v) is 6.42. The van der Waals surface area contributed by atoms with Gasteiger partial charge in [-0.1, -0.05) is 24.6 Å². The van der Waals surface area contributed by atoms with Gasteiger partial charge in [0.05, 0.1) is 11.6 Å². The highest BCUT2D eigenvalue weighted by atomic mass is 16.2. The third-order valence-corrected chi connectivity index (χ3v) is 3.52. The molecule has 0 radical (unpaired) electrons. The van der Waals surface area contributed by atoms with Gasteiger partial charge in [0.15, 0.2) is 0 Å². The molecular weight excluding hydrogens is 224 g/mol. The normalized spacial score (nSPS) is 19.4. The molecule has 0 fully saturated rings. The minimum Gasteiger partial charge on any atom is -0.272 e. The van der Waals surface area contributed by atoms with Gasteiger partial charge >= 0.3 is 0 Å². The minimum absolute atomic E-state index is 0.0508. The van der Waals surface area contributed by atoms with Gasteiger partial charge in [0, 0.05) is 5.71 Å². The van der Waals surface area contributed by atoms with E-state index in [1.165, 1.54) is 5.56 Å². The molecule has 96 valence electrons. The second kappa shape index (κ2) is 4.56. The number of benzene rings is 1. The Morgan fingerprint density at radius 2 is 1.72 bits per heavy atom. The molecule has 18 heavy (non-hydrogen) atoms. The van der Waals surface area contributed by atoms with E-state index in [4.69, 9.17) is 0 Å². The highest BCUT2D eigenvalue weighted by Gasteiger charge is 2.34. The standard InChI is InChI=1S/C15H20N2O/c1-6-13-12(5)16-17(15(13)18)14-10(3)7-9(2)8-11(14)4/h7-8,13H,6H2,1-5H3. The lowest BCUT2D eigenvalue weighted by Crippen LogP contribution is -2.27. The summed E-state index contributed by atoms with van der Waals surface area (Å²) in [6, 6.07) is 4.19. The zero-order chi connectivity index (χ0) is 13.4. The van der Waals surface area contributed by atoms with Crippen LogP contribution in [-0.4, -0.2) is 11.6 Å². The average Bonchev–Trinajstić information content (AvgIpc) is 2.53. The largest absolute Gasteiger partial charge is 0.272 e. The van der Waals surface area contributed by atoms with Crippen molar-refractivity contribution in [3.05, 3.63) is 28.8 Å². The molecule has 1 atom stereocenters. The summed E-state index contributed by atoms with van der Waals surface area (Å²) in [5, 5.41) is 6.03. The summed E-state index contributed by atoms with van der Waals surface area (Å²) < 4.78 is 0. The van der Waals surface area contributed by atoms with Crippen molar-refractivity contribution < 1.29 is 4.79 Å². The van der Waals surface area contributed by atoms with Gasteiger partial charge in [0.2, 0.25) is 0 Å². The summed E-state index contributed by atoms with van der Waals surface area (Å²) in [5.41, 5.74) is 5.29. The van der Waals surface area contributed by atoms with Gasteiger partial charge < -0.3 is 0 Å². The molecule has 1 aromatic carbocycles. The molecular formula is C15H20N2O. The first kappa shape index (κ1) is 12.8. The number of rotatable bonds is 2. The Kier molecular flexibility index (Phi) is 3.24. The molecule has 1 aromatic rings. The van der Waals surface area contributed by atoms with E-state index in [-0.39, 0.29) is 11.8 Å². The van der Waals surface area contributed by atoms with Crippen molar-refractivity contribution in [1.29, 1.82) is 0 Å². The van der Waals surface area contributed by atoms with Crippen LogP contribution in [0.1, 0.15) is 37.0 Å². The Labute approximate surface area is 108 Å². The molecule has 0 N–H and O–H groups in total. The molecule has 1 unspecified atom stereocenters. The van der Waals surface area contributed by atoms with Crippen LogP contribution in [0.15, 0.2) is 17.2 Å². The Hall–Kier alpha value is -1.64. The summed E-state index contributed by atoms with van der Waals surface area (Å²) >= 11 is 0. The van der Waals surface area contributed by atoms with Crippen molar-refractivity contribution in [1.82, 2.24) is 0 Å². The van der Waals surface area contributed by atoms with Crippen molar-refractivity contribution in [2.75, 3.05) is 5.01 Å². The summed E-state index contributed by atoms with van der Waals surface area (Å²) in [7, 11) is 0. The quantitative estimate of drug-likeness (QED) is 0.785. The number of amides is 1. The van der Waals surface area contributed by atoms with E-state index in [1.54, 1.807) is 5.01 Å². The summed E-state index contributed by atoms with van der Waals surface area (Å²) in [5.74, 6) is 0.0511. The maximum absolute atomic E-state index is 12.3. The van der Waals surface area contributed by atoms with Gasteiger partial charge in [0.1, 0.15) is 0 Å². The van der Waals surface area contributed by atoms with Gasteiger partial charge in [-0.15, -0.1) is 0 Å². The zero-order valence-corrected chi connectivity index (χ0v) is 11.7. The van der Waals surface area contributed by atoms with Crippen LogP contribution in [0.3, 0.4) is 0 Å². The van der Waals surface area contributed by atoms with Gasteiger partial charge in [0.25, 0.3) is 5.91 Å². The summed E-state index contributed by atoms with van der Waals surface area (Å²) in [6.07, 6.45) is 0.814. The molecule has 2 rings (SSSR count). The third kappa shape index (κ3) is 1.94. The van der Waals surface area contributed by atoms with E-state index in [0.717, 1.165) is 28.9 Å². The molecule has 1 aliphatic heterocycles. The number of hydrazone groups is 1. The molecule has 1 heterocycles. The number of nitrogens with zero attached hydrogens (tertiary/aromatic N) is 2. The minimum atomic E-state index is -0.0508. The highest BCUT2D eigenvalue weighted by Crippen LogP contribution is 2.31. The van der Waals surface area contributed by atoms with Crippen LogP contribution in [0, 0.1) is 26.7 Å². The Bertz CT molecular complexity index is 508. The Morgan fingerprint density at radius 1 is 1.17 bits per heavy atom. The molecule has 0 spiro atoms. The SMILES string of the molecule is CCC1C(=O)N(c2c(C)cc(C)cc2C)N=C1C. The highest BCUT2D eigenvalue weighted by molar-refractivity contribution is 6.15. The summed E-state index contributed by atoms with van der Waals surface area (Å²) in [4.78, 5) is 12.3. The van der Waals surface area contributed by atoms with Gasteiger partial charge in [-0.3, -0.25) is 4.79 Å². The fraction of sp³-hybridized carbons (Fsp3) is 0.467. The molecule has 0 aliphatic carbocycles. The summed E-state index contributed by atoms with van der Waals surface area (Å²) in [6.45, 7) is 10.1. The predicted molar refractivity (Wildman–Crippen MR) is 75.0 cm³/mol. The lowest BCUT2D eigenvalue weighted by atomic mass is 10.0. The molecule has 1 amide bonds. The van der Waals surface area contributed by atoms with Crippen LogP contribution in [0.5, 0.6) is 0 Å². The van der Waals surface area contributed by atoms with E-state index in [9.17, 15) is 4.79 Å². The number of carbonyl (C=O) groups is 1. The molecule has 0 saturated heterocycles. The fourth-order valence-electron chi connectivity index (χ4n) is 2.74. The van der Waals surface area contributed by atoms with Crippen LogP contribution in [-0.2, 0) is 4.79 Å². The zero-order valence-electron chi connectivity index (χ0n) is 11.7. The van der Waals surface area contributed by atoms with Crippen LogP contribution in [0.25, 0.3) is 0 Å². The number of anilines is 1. The molecule has 0 aromatic heterocycles. The molecule has 3 nitrogen and oxygen atoms in total. The van der Waals surface area contributed by atoms with E-state index in [0.29, 0.717) is 0 Å². The van der Waals surface area contributed by atoms with Crippen molar-refractivity contribution >= 4 is 17.3 Å². The molecule has 3 heteroatoms. The maximum atomic E-state index is 12.3. The monoisotopic (exact) mass is 244 g/mol. The van der Waals surface area contributed by atoms with Crippen LogP contribution in [0.2, 0.25) is 0 Å². The van der Waals surface area contributed by atoms with Crippen molar-refractivity contribution in [3.63, 3.8) is 0 Å². The van der Waals surface area contributed by atoms with Gasteiger partial charge in [-0.25, -0.2) is 0 Å². The van der Waals surface area contributed by atoms with E-state index in [1.807, 2.05) is 27.7 Å². The molecule has 1 aliphatic rings. The Morgan fingerprint density at radius 3 is 2.17 bits per heavy atom. The smallest absolute Gasteiger partial charge is 0.256 e. The van der Waals surface area contributed by atoms with Crippen LogP contribution < -0.4 is 5.01 Å². The van der Waals surface area contributed by atoms with E-state index >= 15 is 0 Å². The van der Waals surface area contributed by atoms with Crippen LogP contribution >= 0.6 is 0 Å². The second-order valence-electron chi connectivity index (χ2n) is 5.10. The molecule has 0 bridgehead atoms. The topological polar surface area (TPSA) is 32.7 Å². The number of aryl methyl sites for hydroxylation is 3. The van der Waals surface area contributed by atoms with Crippen LogP contribution in [0.4, 0.5) is 5.69 Å². The fourth-order valence-corrected chi connectivity index (χ4v) is 2.74. The first-order chi connectivity index (χ1) is 8.45. The maximum Gasteiger partial charge on any atom is 0.256 e. The lowest BCUT2D eigenvalue weighted by molar-refractivity contribution is -0.119. The number of hydrogen-bond acceptors (Lipinski definition) is 2. The van der Waals surface area contributed by atoms with E-state index in [2.05, 4.69) is 24.2 Å². The van der Waals surface area contributed by atoms with Crippen molar-refractivity contribution in [2.24, 2.45) is 11.0 Å². The van der Waals surface area contributed by atoms with Gasteiger partial charge in [-0.2, -0.15) is 10.1 Å². The average molecular weight is 244 g/mol. The lowest BCUT2D eigenvalue weighted by Gasteiger charge is -2.19. The number of hydrogen-bond donors (Lipinski definition) is 0. The van der Waals surface area contributed by atoms with Crippen molar-refractivity contribution in [3.8, 4) is 0 Å². The van der Waals surface area contributed by atoms with Gasteiger partial charge in [-0.05, 0) is 45.2 Å². The number of carbonyl (C=O) groups excluding carboxylic acids is 1. The first-order valence-electron chi connectivity index (χ1n) is 6.42. The third-order valence-electron chi connectivity index (χ3n) is 3.52.